The molecular weight excluding hydrogens is 182 g/mol. The van der Waals surface area contributed by atoms with Crippen LogP contribution in [-0.4, -0.2) is 16.8 Å². The van der Waals surface area contributed by atoms with Crippen LogP contribution in [0.2, 0.25) is 0 Å². The van der Waals surface area contributed by atoms with Gasteiger partial charge in [-0.15, -0.1) is 0 Å². The van der Waals surface area contributed by atoms with Crippen molar-refractivity contribution in [1.82, 2.24) is 4.98 Å². The Balaban J connectivity index is 2.85. The summed E-state index contributed by atoms with van der Waals surface area (Å²) in [4.78, 5) is 33.0. The van der Waals surface area contributed by atoms with Crippen LogP contribution in [0.3, 0.4) is 0 Å². The molecule has 5 nitrogen and oxygen atoms in total. The fourth-order valence-corrected chi connectivity index (χ4v) is 1.26. The highest BCUT2D eigenvalue weighted by Crippen LogP contribution is 1.90. The maximum atomic E-state index is 11.0. The number of carbonyl (C=O) groups is 2. The van der Waals surface area contributed by atoms with Crippen LogP contribution < -0.4 is 10.8 Å². The minimum Gasteiger partial charge on any atom is -0.261 e. The van der Waals surface area contributed by atoms with Crippen LogP contribution in [-0.2, 0) is 16.0 Å². The molecule has 70 valence electrons. The van der Waals surface area contributed by atoms with E-state index in [1.165, 1.54) is 0 Å². The fraction of sp³-hybridized carbons (Fsp3) is 0.222. The molecule has 1 aliphatic rings. The minimum absolute atomic E-state index is 0.244. The third-order valence-corrected chi connectivity index (χ3v) is 1.97. The van der Waals surface area contributed by atoms with Gasteiger partial charge in [-0.25, -0.2) is 9.98 Å². The lowest BCUT2D eigenvalue weighted by Crippen LogP contribution is -2.39. The van der Waals surface area contributed by atoms with Crippen molar-refractivity contribution in [3.05, 3.63) is 28.7 Å². The quantitative estimate of drug-likeness (QED) is 0.529. The van der Waals surface area contributed by atoms with Crippen LogP contribution in [0, 0.1) is 0 Å². The first kappa shape index (κ1) is 8.68. The lowest BCUT2D eigenvalue weighted by molar-refractivity contribution is -0.135. The number of rotatable bonds is 1. The minimum atomic E-state index is -0.849. The molecule has 2 amide bonds. The second-order valence-corrected chi connectivity index (χ2v) is 2.83. The molecule has 0 fully saturated rings. The molecule has 0 bridgehead atoms. The topological polar surface area (TPSA) is 71.8 Å². The summed E-state index contributed by atoms with van der Waals surface area (Å²) in [7, 11) is 0. The van der Waals surface area contributed by atoms with E-state index >= 15 is 0 Å². The van der Waals surface area contributed by atoms with E-state index in [0.717, 1.165) is 12.0 Å². The van der Waals surface area contributed by atoms with Gasteiger partial charge in [-0.05, 0) is 18.1 Å². The standard InChI is InChI=1S/C9H7N3O2/c1-2-5-3-4-10-7-6(5)11-8(13)9(14)12-7/h3-4H,2H2,1H3. The van der Waals surface area contributed by atoms with E-state index in [0.29, 0.717) is 5.36 Å². The monoisotopic (exact) mass is 189 g/mol. The zero-order valence-corrected chi connectivity index (χ0v) is 7.52. The summed E-state index contributed by atoms with van der Waals surface area (Å²) in [6.07, 6.45) is 2.28. The van der Waals surface area contributed by atoms with Gasteiger partial charge in [-0.1, -0.05) is 6.92 Å². The molecule has 2 rings (SSSR count). The molecule has 0 N–H and O–H groups in total. The number of aryl methyl sites for hydroxylation is 1. The average Bonchev–Trinajstić information content (AvgIpc) is 2.19. The number of nitrogens with zero attached hydrogens (tertiary/aromatic N) is 3. The van der Waals surface area contributed by atoms with Crippen molar-refractivity contribution in [1.29, 1.82) is 0 Å². The molecule has 0 saturated heterocycles. The van der Waals surface area contributed by atoms with Gasteiger partial charge in [-0.3, -0.25) is 9.59 Å². The lowest BCUT2D eigenvalue weighted by atomic mass is 10.2. The van der Waals surface area contributed by atoms with Crippen molar-refractivity contribution in [3.8, 4) is 0 Å². The van der Waals surface area contributed by atoms with Gasteiger partial charge >= 0.3 is 11.8 Å². The Morgan fingerprint density at radius 3 is 2.64 bits per heavy atom. The Kier molecular flexibility index (Phi) is 1.92. The smallest absolute Gasteiger partial charge is 0.261 e. The number of hydrogen-bond acceptors (Lipinski definition) is 3. The summed E-state index contributed by atoms with van der Waals surface area (Å²) in [6.45, 7) is 1.94. The first-order valence-electron chi connectivity index (χ1n) is 4.22. The van der Waals surface area contributed by atoms with E-state index in [4.69, 9.17) is 0 Å². The Morgan fingerprint density at radius 1 is 1.21 bits per heavy atom. The summed E-state index contributed by atoms with van der Waals surface area (Å²) in [6, 6.07) is 1.76. The molecule has 1 aromatic rings. The molecule has 0 unspecified atom stereocenters. The number of pyridine rings is 1. The van der Waals surface area contributed by atoms with Crippen molar-refractivity contribution < 1.29 is 9.59 Å². The van der Waals surface area contributed by atoms with Crippen molar-refractivity contribution in [2.24, 2.45) is 9.98 Å². The van der Waals surface area contributed by atoms with Crippen molar-refractivity contribution in [2.45, 2.75) is 13.3 Å². The van der Waals surface area contributed by atoms with E-state index in [1.807, 2.05) is 6.92 Å². The van der Waals surface area contributed by atoms with Crippen LogP contribution in [0.15, 0.2) is 22.2 Å². The first-order valence-corrected chi connectivity index (χ1v) is 4.22. The molecule has 14 heavy (non-hydrogen) atoms. The third kappa shape index (κ3) is 1.22. The molecule has 0 spiro atoms. The zero-order chi connectivity index (χ0) is 10.1. The lowest BCUT2D eigenvalue weighted by Gasteiger charge is -2.00. The largest absolute Gasteiger partial charge is 0.339 e. The Hall–Kier alpha value is -1.91. The SMILES string of the molecule is CCc1ccnc2c1=NC(=O)C(=O)N=2. The molecule has 0 aromatic carbocycles. The van der Waals surface area contributed by atoms with Crippen molar-refractivity contribution in [3.63, 3.8) is 0 Å². The van der Waals surface area contributed by atoms with Crippen LogP contribution >= 0.6 is 0 Å². The summed E-state index contributed by atoms with van der Waals surface area (Å²) in [5.74, 6) is -1.67. The number of fused-ring (bicyclic) bond motifs is 1. The molecule has 0 atom stereocenters. The van der Waals surface area contributed by atoms with Crippen molar-refractivity contribution >= 4 is 11.8 Å². The van der Waals surface area contributed by atoms with E-state index < -0.39 is 11.8 Å². The number of amides is 2. The molecule has 0 aliphatic carbocycles. The predicted molar refractivity (Wildman–Crippen MR) is 45.9 cm³/mol. The number of aromatic nitrogens is 1. The predicted octanol–water partition coefficient (Wildman–Crippen LogP) is -1.05. The van der Waals surface area contributed by atoms with Crippen LogP contribution in [0.5, 0.6) is 0 Å². The summed E-state index contributed by atoms with van der Waals surface area (Å²) >= 11 is 0. The van der Waals surface area contributed by atoms with Crippen molar-refractivity contribution in [2.75, 3.05) is 0 Å². The fourth-order valence-electron chi connectivity index (χ4n) is 1.26. The molecular formula is C9H7N3O2. The molecule has 1 aliphatic heterocycles. The number of hydrogen-bond donors (Lipinski definition) is 0. The van der Waals surface area contributed by atoms with E-state index in [1.54, 1.807) is 12.3 Å². The summed E-state index contributed by atoms with van der Waals surface area (Å²) in [5, 5.41) is 0.430. The van der Waals surface area contributed by atoms with E-state index in [2.05, 4.69) is 15.0 Å². The summed E-state index contributed by atoms with van der Waals surface area (Å²) in [5.41, 5.74) is 1.12. The highest BCUT2D eigenvalue weighted by molar-refractivity contribution is 6.36. The average molecular weight is 189 g/mol. The van der Waals surface area contributed by atoms with Gasteiger partial charge in [0.2, 0.25) is 0 Å². The van der Waals surface area contributed by atoms with Crippen LogP contribution in [0.1, 0.15) is 12.5 Å². The van der Waals surface area contributed by atoms with Gasteiger partial charge in [-0.2, -0.15) is 4.99 Å². The Morgan fingerprint density at radius 2 is 1.93 bits per heavy atom. The zero-order valence-electron chi connectivity index (χ0n) is 7.52. The van der Waals surface area contributed by atoms with Gasteiger partial charge in [0.05, 0.1) is 0 Å². The summed E-state index contributed by atoms with van der Waals surface area (Å²) < 4.78 is 0. The third-order valence-electron chi connectivity index (χ3n) is 1.97. The van der Waals surface area contributed by atoms with Crippen LogP contribution in [0.25, 0.3) is 0 Å². The maximum absolute atomic E-state index is 11.0. The second-order valence-electron chi connectivity index (χ2n) is 2.83. The highest BCUT2D eigenvalue weighted by Gasteiger charge is 2.16. The van der Waals surface area contributed by atoms with Gasteiger partial charge in [0.15, 0.2) is 5.49 Å². The molecule has 2 heterocycles. The van der Waals surface area contributed by atoms with E-state index in [-0.39, 0.29) is 5.49 Å². The highest BCUT2D eigenvalue weighted by atomic mass is 16.2. The Bertz CT molecular complexity index is 533. The first-order chi connectivity index (χ1) is 6.72. The van der Waals surface area contributed by atoms with Gasteiger partial charge in [0.25, 0.3) is 0 Å². The Labute approximate surface area is 79.2 Å². The normalized spacial score (nSPS) is 14.4. The van der Waals surface area contributed by atoms with Crippen LogP contribution in [0.4, 0.5) is 0 Å². The van der Waals surface area contributed by atoms with E-state index in [9.17, 15) is 9.59 Å². The van der Waals surface area contributed by atoms with Gasteiger partial charge in [0.1, 0.15) is 5.36 Å². The van der Waals surface area contributed by atoms with Gasteiger partial charge in [0, 0.05) is 6.20 Å². The maximum Gasteiger partial charge on any atom is 0.339 e. The number of carbonyl (C=O) groups excluding carboxylic acids is 2. The molecule has 1 aromatic heterocycles. The molecule has 0 saturated carbocycles. The van der Waals surface area contributed by atoms with Gasteiger partial charge < -0.3 is 0 Å². The molecule has 5 heteroatoms. The molecule has 0 radical (unpaired) electrons. The second kappa shape index (κ2) is 3.10.